The minimum absolute atomic E-state index is 0.0803. The number of rotatable bonds is 4. The number of nitrogens with zero attached hydrogens (tertiary/aromatic N) is 1. The summed E-state index contributed by atoms with van der Waals surface area (Å²) in [6.45, 7) is 5.42. The summed E-state index contributed by atoms with van der Waals surface area (Å²) in [5, 5.41) is 3.52. The average molecular weight is 310 g/mol. The van der Waals surface area contributed by atoms with Crippen LogP contribution >= 0.6 is 0 Å². The molecule has 0 bridgehead atoms. The first-order valence-electron chi connectivity index (χ1n) is 7.78. The minimum Gasteiger partial charge on any atom is -0.497 e. The molecule has 1 aliphatic heterocycles. The first kappa shape index (κ1) is 15.4. The summed E-state index contributed by atoms with van der Waals surface area (Å²) in [5.41, 5.74) is 2.74. The Morgan fingerprint density at radius 3 is 2.78 bits per heavy atom. The van der Waals surface area contributed by atoms with Crippen molar-refractivity contribution in [3.05, 3.63) is 54.1 Å². The Kier molecular flexibility index (Phi) is 3.99. The van der Waals surface area contributed by atoms with Gasteiger partial charge >= 0.3 is 0 Å². The molecule has 1 heterocycles. The molecule has 0 unspecified atom stereocenters. The van der Waals surface area contributed by atoms with E-state index in [1.165, 1.54) is 0 Å². The summed E-state index contributed by atoms with van der Waals surface area (Å²) in [6, 6.07) is 15.4. The number of benzene rings is 2. The molecule has 3 rings (SSSR count). The second-order valence-corrected chi connectivity index (χ2v) is 6.54. The summed E-state index contributed by atoms with van der Waals surface area (Å²) in [7, 11) is 1.61. The van der Waals surface area contributed by atoms with Gasteiger partial charge in [0.2, 0.25) is 0 Å². The molecule has 0 fully saturated rings. The number of carbonyl (C=O) groups is 1. The fraction of sp³-hybridized carbons (Fsp3) is 0.316. The molecule has 4 heteroatoms. The summed E-state index contributed by atoms with van der Waals surface area (Å²) in [5.74, 6) is 0.799. The van der Waals surface area contributed by atoms with Gasteiger partial charge < -0.3 is 15.0 Å². The number of anilines is 2. The Balaban J connectivity index is 1.85. The lowest BCUT2D eigenvalue weighted by Crippen LogP contribution is -2.50. The van der Waals surface area contributed by atoms with Crippen molar-refractivity contribution in [1.29, 1.82) is 0 Å². The molecular formula is C19H22N2O2. The summed E-state index contributed by atoms with van der Waals surface area (Å²) in [6.07, 6.45) is 0. The van der Waals surface area contributed by atoms with E-state index in [0.717, 1.165) is 17.9 Å². The number of ether oxygens (including phenoxy) is 1. The third-order valence-electron chi connectivity index (χ3n) is 4.03. The summed E-state index contributed by atoms with van der Waals surface area (Å²) in [4.78, 5) is 14.8. The van der Waals surface area contributed by atoms with Crippen LogP contribution in [0, 0.1) is 0 Å². The zero-order valence-electron chi connectivity index (χ0n) is 13.8. The van der Waals surface area contributed by atoms with Crippen molar-refractivity contribution in [3.8, 4) is 5.75 Å². The van der Waals surface area contributed by atoms with Crippen molar-refractivity contribution in [1.82, 2.24) is 0 Å². The van der Waals surface area contributed by atoms with Gasteiger partial charge in [-0.15, -0.1) is 0 Å². The lowest BCUT2D eigenvalue weighted by atomic mass is 9.98. The van der Waals surface area contributed by atoms with Crippen molar-refractivity contribution in [2.75, 3.05) is 30.4 Å². The maximum absolute atomic E-state index is 12.7. The monoisotopic (exact) mass is 310 g/mol. The lowest BCUT2D eigenvalue weighted by Gasteiger charge is -2.41. The van der Waals surface area contributed by atoms with Crippen LogP contribution < -0.4 is 15.0 Å². The van der Waals surface area contributed by atoms with E-state index in [2.05, 4.69) is 36.2 Å². The number of carbonyl (C=O) groups excluding carboxylic acids is 1. The molecule has 0 amide bonds. The van der Waals surface area contributed by atoms with E-state index in [1.807, 2.05) is 30.3 Å². The van der Waals surface area contributed by atoms with E-state index in [1.54, 1.807) is 13.2 Å². The highest BCUT2D eigenvalue weighted by Crippen LogP contribution is 2.34. The zero-order chi connectivity index (χ0) is 16.4. The van der Waals surface area contributed by atoms with E-state index < -0.39 is 0 Å². The van der Waals surface area contributed by atoms with Crippen LogP contribution in [0.15, 0.2) is 48.5 Å². The van der Waals surface area contributed by atoms with Gasteiger partial charge in [-0.2, -0.15) is 0 Å². The molecule has 0 aliphatic carbocycles. The fourth-order valence-corrected chi connectivity index (χ4v) is 3.02. The zero-order valence-corrected chi connectivity index (χ0v) is 13.8. The highest BCUT2D eigenvalue weighted by molar-refractivity contribution is 6.00. The van der Waals surface area contributed by atoms with E-state index in [0.29, 0.717) is 17.9 Å². The third kappa shape index (κ3) is 3.31. The average Bonchev–Trinajstić information content (AvgIpc) is 2.53. The highest BCUT2D eigenvalue weighted by atomic mass is 16.5. The van der Waals surface area contributed by atoms with Crippen molar-refractivity contribution in [2.24, 2.45) is 0 Å². The maximum Gasteiger partial charge on any atom is 0.182 e. The van der Waals surface area contributed by atoms with E-state index in [-0.39, 0.29) is 11.3 Å². The Morgan fingerprint density at radius 2 is 2.00 bits per heavy atom. The Labute approximate surface area is 137 Å². The van der Waals surface area contributed by atoms with Crippen LogP contribution in [0.4, 0.5) is 11.4 Å². The summed E-state index contributed by atoms with van der Waals surface area (Å²) < 4.78 is 5.21. The maximum atomic E-state index is 12.7. The molecule has 0 spiro atoms. The quantitative estimate of drug-likeness (QED) is 0.876. The normalized spacial score (nSPS) is 15.5. The second-order valence-electron chi connectivity index (χ2n) is 6.54. The molecular weight excluding hydrogens is 288 g/mol. The molecule has 4 nitrogen and oxygen atoms in total. The fourth-order valence-electron chi connectivity index (χ4n) is 3.02. The molecule has 1 N–H and O–H groups in total. The van der Waals surface area contributed by atoms with Crippen molar-refractivity contribution >= 4 is 17.2 Å². The van der Waals surface area contributed by atoms with E-state index in [4.69, 9.17) is 4.74 Å². The molecule has 0 saturated heterocycles. The SMILES string of the molecule is COc1cccc(C(=O)CN2CC(C)(C)Nc3ccccc32)c1. The summed E-state index contributed by atoms with van der Waals surface area (Å²) >= 11 is 0. The van der Waals surface area contributed by atoms with Gasteiger partial charge in [0.05, 0.1) is 25.0 Å². The molecule has 120 valence electrons. The second kappa shape index (κ2) is 5.95. The number of hydrogen-bond donors (Lipinski definition) is 1. The molecule has 0 radical (unpaired) electrons. The number of ketones is 1. The molecule has 0 aromatic heterocycles. The van der Waals surface area contributed by atoms with Crippen molar-refractivity contribution < 1.29 is 9.53 Å². The highest BCUT2D eigenvalue weighted by Gasteiger charge is 2.30. The van der Waals surface area contributed by atoms with Gasteiger partial charge in [-0.1, -0.05) is 24.3 Å². The van der Waals surface area contributed by atoms with Gasteiger partial charge in [0, 0.05) is 17.6 Å². The molecule has 0 saturated carbocycles. The van der Waals surface area contributed by atoms with Crippen LogP contribution in [0.5, 0.6) is 5.75 Å². The van der Waals surface area contributed by atoms with Crippen LogP contribution in [0.25, 0.3) is 0 Å². The van der Waals surface area contributed by atoms with Crippen LogP contribution in [-0.4, -0.2) is 31.5 Å². The van der Waals surface area contributed by atoms with Gasteiger partial charge in [0.15, 0.2) is 5.78 Å². The Bertz CT molecular complexity index is 725. The van der Waals surface area contributed by atoms with E-state index in [9.17, 15) is 4.79 Å². The van der Waals surface area contributed by atoms with Crippen molar-refractivity contribution in [3.63, 3.8) is 0 Å². The Morgan fingerprint density at radius 1 is 1.22 bits per heavy atom. The number of nitrogens with one attached hydrogen (secondary N) is 1. The van der Waals surface area contributed by atoms with Gasteiger partial charge in [0.25, 0.3) is 0 Å². The predicted molar refractivity (Wildman–Crippen MR) is 93.7 cm³/mol. The number of Topliss-reactive ketones (excluding diaryl/α,β-unsaturated/α-hetero) is 1. The standard InChI is InChI=1S/C19H22N2O2/c1-19(2)13-21(17-10-5-4-9-16(17)20-19)12-18(22)14-7-6-8-15(11-14)23-3/h4-11,20H,12-13H2,1-3H3. The number of hydrogen-bond acceptors (Lipinski definition) is 4. The van der Waals surface area contributed by atoms with Gasteiger partial charge in [-0.05, 0) is 38.1 Å². The number of fused-ring (bicyclic) bond motifs is 1. The van der Waals surface area contributed by atoms with Gasteiger partial charge in [-0.3, -0.25) is 4.79 Å². The number of methoxy groups -OCH3 is 1. The van der Waals surface area contributed by atoms with Gasteiger partial charge in [-0.25, -0.2) is 0 Å². The third-order valence-corrected chi connectivity index (χ3v) is 4.03. The van der Waals surface area contributed by atoms with Gasteiger partial charge in [0.1, 0.15) is 5.75 Å². The molecule has 23 heavy (non-hydrogen) atoms. The topological polar surface area (TPSA) is 41.6 Å². The first-order valence-corrected chi connectivity index (χ1v) is 7.78. The molecule has 2 aromatic carbocycles. The Hall–Kier alpha value is -2.49. The van der Waals surface area contributed by atoms with Crippen LogP contribution in [0.3, 0.4) is 0 Å². The van der Waals surface area contributed by atoms with Crippen LogP contribution in [0.2, 0.25) is 0 Å². The van der Waals surface area contributed by atoms with Crippen LogP contribution in [0.1, 0.15) is 24.2 Å². The number of para-hydroxylation sites is 2. The first-order chi connectivity index (χ1) is 11.0. The molecule has 2 aromatic rings. The van der Waals surface area contributed by atoms with E-state index >= 15 is 0 Å². The van der Waals surface area contributed by atoms with Crippen molar-refractivity contribution in [2.45, 2.75) is 19.4 Å². The molecule has 0 atom stereocenters. The predicted octanol–water partition coefficient (Wildman–Crippen LogP) is 3.59. The van der Waals surface area contributed by atoms with Crippen LogP contribution in [-0.2, 0) is 0 Å². The lowest BCUT2D eigenvalue weighted by molar-refractivity contribution is 0.0998. The molecule has 1 aliphatic rings. The smallest absolute Gasteiger partial charge is 0.182 e. The largest absolute Gasteiger partial charge is 0.497 e. The minimum atomic E-state index is -0.0803.